The minimum Gasteiger partial charge on any atom is -0.456 e. The molecule has 5 aromatic carbocycles. The molecular formula is C55H59F4N3O6S3. The molecule has 0 spiro atoms. The highest BCUT2D eigenvalue weighted by Crippen LogP contribution is 2.45. The molecule has 0 aromatic heterocycles. The van der Waals surface area contributed by atoms with Crippen LogP contribution in [0.2, 0.25) is 0 Å². The van der Waals surface area contributed by atoms with E-state index in [-0.39, 0.29) is 41.6 Å². The molecule has 2 aliphatic rings. The van der Waals surface area contributed by atoms with Gasteiger partial charge >= 0.3 is 0 Å². The fourth-order valence-corrected chi connectivity index (χ4v) is 12.5. The highest BCUT2D eigenvalue weighted by atomic mass is 32.3. The Bertz CT molecular complexity index is 3340. The molecule has 376 valence electrons. The third-order valence-corrected chi connectivity index (χ3v) is 16.5. The van der Waals surface area contributed by atoms with Gasteiger partial charge in [0.2, 0.25) is 0 Å². The van der Waals surface area contributed by atoms with Gasteiger partial charge in [-0.2, -0.15) is 0 Å². The van der Waals surface area contributed by atoms with E-state index in [2.05, 4.69) is 72.8 Å². The lowest BCUT2D eigenvalue weighted by molar-refractivity contribution is 0.00693. The molecule has 0 unspecified atom stereocenters. The van der Waals surface area contributed by atoms with Crippen molar-refractivity contribution in [1.29, 1.82) is 0 Å². The summed E-state index contributed by atoms with van der Waals surface area (Å²) in [5, 5.41) is 4.59. The van der Waals surface area contributed by atoms with E-state index in [0.717, 1.165) is 39.7 Å². The quantitative estimate of drug-likeness (QED) is 0.0322. The molecule has 0 atom stereocenters. The Morgan fingerprint density at radius 2 is 1.21 bits per heavy atom. The third-order valence-electron chi connectivity index (χ3n) is 11.9. The van der Waals surface area contributed by atoms with E-state index in [9.17, 15) is 16.8 Å². The molecule has 1 aliphatic heterocycles. The predicted octanol–water partition coefficient (Wildman–Crippen LogP) is 14.8. The van der Waals surface area contributed by atoms with Gasteiger partial charge in [0, 0.05) is 51.3 Å². The van der Waals surface area contributed by atoms with Crippen molar-refractivity contribution in [3.63, 3.8) is 0 Å². The number of hydrogen-bond acceptors (Lipinski definition) is 9. The van der Waals surface area contributed by atoms with Gasteiger partial charge in [-0.1, -0.05) is 110 Å². The fourth-order valence-electron chi connectivity index (χ4n) is 8.51. The summed E-state index contributed by atoms with van der Waals surface area (Å²) < 4.78 is 132. The molecule has 0 saturated heterocycles. The van der Waals surface area contributed by atoms with Crippen LogP contribution in [0.4, 0.5) is 34.6 Å². The van der Waals surface area contributed by atoms with E-state index in [1.165, 1.54) is 16.3 Å². The zero-order valence-electron chi connectivity index (χ0n) is 41.6. The average molecular weight is 1030 g/mol. The lowest BCUT2D eigenvalue weighted by atomic mass is 9.92. The Morgan fingerprint density at radius 1 is 0.648 bits per heavy atom. The Balaban J connectivity index is 1.41. The number of hydrogen-bond donors (Lipinski definition) is 2. The molecule has 5 aromatic rings. The highest BCUT2D eigenvalue weighted by molar-refractivity contribution is 8.04. The van der Waals surface area contributed by atoms with Crippen molar-refractivity contribution in [3.8, 4) is 22.5 Å². The van der Waals surface area contributed by atoms with Gasteiger partial charge in [0.05, 0.1) is 33.0 Å². The number of nitrogens with zero attached hydrogens (tertiary/aromatic N) is 1. The summed E-state index contributed by atoms with van der Waals surface area (Å²) in [4.78, 5) is 1.28. The summed E-state index contributed by atoms with van der Waals surface area (Å²) in [6.45, 7) is 22.0. The summed E-state index contributed by atoms with van der Waals surface area (Å²) in [6.07, 6.45) is 0. The Kier molecular flexibility index (Phi) is 15.7. The Morgan fingerprint density at radius 3 is 1.77 bits per heavy atom. The van der Waals surface area contributed by atoms with Gasteiger partial charge in [0.1, 0.15) is 11.3 Å². The average Bonchev–Trinajstić information content (AvgIpc) is 3.28. The van der Waals surface area contributed by atoms with Crippen LogP contribution in [0.3, 0.4) is 0 Å². The first-order valence-electron chi connectivity index (χ1n) is 23.4. The van der Waals surface area contributed by atoms with Crippen LogP contribution in [0.25, 0.3) is 33.4 Å². The van der Waals surface area contributed by atoms with Crippen LogP contribution in [0.5, 0.6) is 0 Å². The molecule has 1 aliphatic carbocycles. The maximum Gasteiger partial charge on any atom is 0.259 e. The van der Waals surface area contributed by atoms with Gasteiger partial charge in [-0.25, -0.2) is 39.4 Å². The number of rotatable bonds is 16. The van der Waals surface area contributed by atoms with Crippen LogP contribution in [0.1, 0.15) is 122 Å². The molecule has 7 rings (SSSR count). The lowest BCUT2D eigenvalue weighted by Crippen LogP contribution is -2.33. The highest BCUT2D eigenvalue weighted by Gasteiger charge is 2.37. The van der Waals surface area contributed by atoms with E-state index < -0.39 is 63.6 Å². The topological polar surface area (TPSA) is 127 Å². The van der Waals surface area contributed by atoms with Crippen LogP contribution < -0.4 is 14.8 Å². The summed E-state index contributed by atoms with van der Waals surface area (Å²) in [5.74, 6) is -7.76. The summed E-state index contributed by atoms with van der Waals surface area (Å²) in [7, 11) is -11.2. The number of nitrogens with one attached hydrogen (secondary N) is 2. The minimum atomic E-state index is -5.87. The van der Waals surface area contributed by atoms with Crippen LogP contribution in [0, 0.1) is 23.3 Å². The van der Waals surface area contributed by atoms with E-state index in [0.29, 0.717) is 50.7 Å². The minimum absolute atomic E-state index is 0.0200. The first-order valence-corrected chi connectivity index (χ1v) is 27.3. The van der Waals surface area contributed by atoms with E-state index >= 15 is 17.6 Å². The summed E-state index contributed by atoms with van der Waals surface area (Å²) in [6, 6.07) is 28.4. The predicted molar refractivity (Wildman–Crippen MR) is 276 cm³/mol. The third kappa shape index (κ3) is 11.3. The molecular weight excluding hydrogens is 971 g/mol. The molecule has 0 fully saturated rings. The Labute approximate surface area is 418 Å². The van der Waals surface area contributed by atoms with Crippen LogP contribution in [-0.4, -0.2) is 34.8 Å². The van der Waals surface area contributed by atoms with Crippen molar-refractivity contribution in [2.24, 2.45) is 4.99 Å². The van der Waals surface area contributed by atoms with Crippen molar-refractivity contribution in [1.82, 2.24) is 4.13 Å². The SMILES string of the molecule is CC(C)c1cccc(C(C)C)c1N=c1ccc2c(-c3ccccc3S(=O)(=O)NS(=O)(=O)c3c(F)c(F)c(SCCOC(C)(C)C)c(F)c3F)c3ccc(Nc4c(C(C)C)cccc4C(C)C)cc3oc-2c1. The smallest absolute Gasteiger partial charge is 0.259 e. The molecule has 2 N–H and O–H groups in total. The van der Waals surface area contributed by atoms with Crippen molar-refractivity contribution in [3.05, 3.63) is 148 Å². The first kappa shape index (κ1) is 53.3. The van der Waals surface area contributed by atoms with Gasteiger partial charge in [0.25, 0.3) is 20.0 Å². The van der Waals surface area contributed by atoms with Crippen LogP contribution >= 0.6 is 11.8 Å². The lowest BCUT2D eigenvalue weighted by Gasteiger charge is -2.22. The molecule has 0 saturated carbocycles. The molecule has 0 bridgehead atoms. The monoisotopic (exact) mass is 1030 g/mol. The first-order chi connectivity index (χ1) is 33.3. The zero-order valence-corrected chi connectivity index (χ0v) is 44.0. The van der Waals surface area contributed by atoms with Gasteiger partial charge in [-0.05, 0) is 97.0 Å². The molecule has 1 heterocycles. The Hall–Kier alpha value is -5.52. The maximum atomic E-state index is 15.7. The maximum absolute atomic E-state index is 15.7. The second kappa shape index (κ2) is 20.9. The summed E-state index contributed by atoms with van der Waals surface area (Å²) >= 11 is 0.376. The standard InChI is InChI=1S/C55H59F4N3O6S3/c1-30(2)36-17-14-18-37(31(3)4)51(36)60-34-22-24-40-43(28-34)68-44-29-35(61-52-38(32(5)6)19-15-20-39(52)33(7)8)23-25-41(44)46(40)42-16-12-13-21-45(42)70(63,64)62-71(65,66)54-49(58)47(56)53(48(57)50(54)59)69-27-26-67-55(9,10)11/h12-25,28-33,60,62H,26-27H2,1-11H3. The second-order valence-corrected chi connectivity index (χ2v) is 24.3. The number of halogens is 4. The second-order valence-electron chi connectivity index (χ2n) is 19.6. The molecule has 16 heteroatoms. The number of thioether (sulfide) groups is 1. The normalized spacial score (nSPS) is 13.0. The van der Waals surface area contributed by atoms with Crippen molar-refractivity contribution in [2.75, 3.05) is 17.7 Å². The molecule has 9 nitrogen and oxygen atoms in total. The number of sulfonamides is 2. The number of anilines is 2. The number of benzene rings is 6. The molecule has 0 amide bonds. The van der Waals surface area contributed by atoms with E-state index in [1.54, 1.807) is 57.2 Å². The van der Waals surface area contributed by atoms with Crippen LogP contribution in [-0.2, 0) is 24.8 Å². The van der Waals surface area contributed by atoms with Crippen molar-refractivity contribution >= 4 is 59.8 Å². The fraction of sp³-hybridized carbons (Fsp3) is 0.327. The molecule has 0 radical (unpaired) electrons. The summed E-state index contributed by atoms with van der Waals surface area (Å²) in [5.41, 5.74) is 7.14. The van der Waals surface area contributed by atoms with E-state index in [4.69, 9.17) is 14.1 Å². The van der Waals surface area contributed by atoms with Gasteiger partial charge in [-0.3, -0.25) is 0 Å². The van der Waals surface area contributed by atoms with Crippen LogP contribution in [0.15, 0.2) is 121 Å². The van der Waals surface area contributed by atoms with Crippen molar-refractivity contribution in [2.45, 2.75) is 120 Å². The van der Waals surface area contributed by atoms with Gasteiger partial charge in [-0.15, -0.1) is 15.9 Å². The number of para-hydroxylation sites is 2. The van der Waals surface area contributed by atoms with E-state index in [1.807, 2.05) is 30.3 Å². The van der Waals surface area contributed by atoms with Gasteiger partial charge < -0.3 is 14.5 Å². The van der Waals surface area contributed by atoms with Crippen molar-refractivity contribution < 1.29 is 43.6 Å². The largest absolute Gasteiger partial charge is 0.456 e. The number of fused-ring (bicyclic) bond motifs is 2. The van der Waals surface area contributed by atoms with Gasteiger partial charge in [0.15, 0.2) is 28.2 Å². The molecule has 71 heavy (non-hydrogen) atoms. The number of ether oxygens (including phenoxy) is 1. The zero-order chi connectivity index (χ0) is 51.9.